The number of fused-ring (bicyclic) bond motifs is 1. The van der Waals surface area contributed by atoms with Gasteiger partial charge in [-0.1, -0.05) is 31.8 Å². The van der Waals surface area contributed by atoms with Crippen molar-refractivity contribution < 1.29 is 58.3 Å². The number of aliphatic hydroxyl groups is 4. The summed E-state index contributed by atoms with van der Waals surface area (Å²) in [4.78, 5) is 3.99. The number of nitrogens with zero attached hydrogens (tertiary/aromatic N) is 2. The predicted molar refractivity (Wildman–Crippen MR) is 163 cm³/mol. The fourth-order valence-corrected chi connectivity index (χ4v) is 6.23. The molecule has 16 heteroatoms. The molecular formula is C29H42N2O12SSi. The number of rotatable bonds is 10. The first-order chi connectivity index (χ1) is 21.5. The van der Waals surface area contributed by atoms with Crippen LogP contribution in [0.25, 0.3) is 0 Å². The molecule has 0 radical (unpaired) electrons. The fraction of sp³-hybridized carbons (Fsp3) is 0.655. The molecule has 0 unspecified atom stereocenters. The average molecular weight is 671 g/mol. The minimum Gasteiger partial charge on any atom is -0.497 e. The van der Waals surface area contributed by atoms with Crippen molar-refractivity contribution in [2.75, 3.05) is 26.9 Å². The lowest BCUT2D eigenvalue weighted by Gasteiger charge is -2.49. The van der Waals surface area contributed by atoms with Gasteiger partial charge in [0, 0.05) is 32.6 Å². The molecule has 3 saturated heterocycles. The third-order valence-electron chi connectivity index (χ3n) is 7.89. The predicted octanol–water partition coefficient (Wildman–Crippen LogP) is 0.789. The average Bonchev–Trinajstić information content (AvgIpc) is 3.57. The van der Waals surface area contributed by atoms with Gasteiger partial charge in [0.1, 0.15) is 54.8 Å². The van der Waals surface area contributed by atoms with Crippen LogP contribution in [-0.4, -0.2) is 132 Å². The summed E-state index contributed by atoms with van der Waals surface area (Å²) in [5.41, 5.74) is 0.710. The second-order valence-corrected chi connectivity index (χ2v) is 18.4. The molecule has 4 N–H and O–H groups in total. The summed E-state index contributed by atoms with van der Waals surface area (Å²) >= 11 is 5.46. The van der Waals surface area contributed by atoms with Crippen LogP contribution >= 0.6 is 12.2 Å². The van der Waals surface area contributed by atoms with Crippen LogP contribution in [0.5, 0.6) is 5.75 Å². The molecule has 1 aromatic carbocycles. The quantitative estimate of drug-likeness (QED) is 0.206. The summed E-state index contributed by atoms with van der Waals surface area (Å²) < 4.78 is 48.7. The van der Waals surface area contributed by atoms with Crippen molar-refractivity contribution in [3.63, 3.8) is 0 Å². The molecule has 3 aliphatic heterocycles. The van der Waals surface area contributed by atoms with Crippen LogP contribution in [0.3, 0.4) is 0 Å². The second kappa shape index (κ2) is 14.8. The number of ether oxygens (including phenoxy) is 8. The highest BCUT2D eigenvalue weighted by molar-refractivity contribution is 7.80. The van der Waals surface area contributed by atoms with E-state index in [0.29, 0.717) is 17.9 Å². The first-order valence-electron chi connectivity index (χ1n) is 14.8. The molecule has 3 aliphatic rings. The summed E-state index contributed by atoms with van der Waals surface area (Å²) in [6.07, 6.45) is -8.51. The largest absolute Gasteiger partial charge is 0.497 e. The van der Waals surface area contributed by atoms with Gasteiger partial charge in [0.05, 0.1) is 20.3 Å². The van der Waals surface area contributed by atoms with Gasteiger partial charge in [-0.3, -0.25) is 4.57 Å². The van der Waals surface area contributed by atoms with Crippen LogP contribution in [0.15, 0.2) is 43.0 Å². The lowest BCUT2D eigenvalue weighted by molar-refractivity contribution is -0.384. The van der Waals surface area contributed by atoms with Gasteiger partial charge in [-0.05, 0) is 30.4 Å². The number of aliphatic hydroxyl groups excluding tert-OH is 4. The molecule has 0 amide bonds. The highest BCUT2D eigenvalue weighted by Gasteiger charge is 2.54. The number of methoxy groups -OCH3 is 1. The zero-order valence-corrected chi connectivity index (χ0v) is 27.4. The van der Waals surface area contributed by atoms with Crippen LogP contribution in [0.1, 0.15) is 11.9 Å². The van der Waals surface area contributed by atoms with Crippen LogP contribution in [0, 0.1) is 0 Å². The van der Waals surface area contributed by atoms with Gasteiger partial charge < -0.3 is 58.3 Å². The first kappa shape index (κ1) is 34.3. The number of thiocarbonyl (C=S) groups is 1. The fourth-order valence-electron chi connectivity index (χ4n) is 5.28. The lowest BCUT2D eigenvalue weighted by Crippen LogP contribution is -2.66. The number of hydrogen-bond donors (Lipinski definition) is 4. The number of hydrogen-bond acceptors (Lipinski definition) is 14. The Morgan fingerprint density at radius 3 is 2.42 bits per heavy atom. The molecule has 0 bridgehead atoms. The van der Waals surface area contributed by atoms with E-state index in [0.717, 1.165) is 6.04 Å². The number of imidazole rings is 1. The number of benzene rings is 1. The third kappa shape index (κ3) is 8.09. The number of aromatic nitrogens is 2. The molecule has 14 nitrogen and oxygen atoms in total. The van der Waals surface area contributed by atoms with Crippen molar-refractivity contribution in [2.24, 2.45) is 0 Å². The molecule has 250 valence electrons. The Kier molecular flexibility index (Phi) is 11.3. The third-order valence-corrected chi connectivity index (χ3v) is 9.90. The lowest BCUT2D eigenvalue weighted by atomic mass is 9.96. The molecule has 2 aromatic rings. The summed E-state index contributed by atoms with van der Waals surface area (Å²) in [5, 5.41) is 43.6. The van der Waals surface area contributed by atoms with E-state index in [9.17, 15) is 20.4 Å². The van der Waals surface area contributed by atoms with E-state index >= 15 is 0 Å². The SMILES string of the molecule is COc1ccc([C@H]2OC[C@H]3O[C@@H](O[C@H]4[C@H](O)[C@@H](O)[C@H](OCC[Si](C)(C)C)O[C@@H]4CO)[C@H](O)[C@@H](OC(=S)n4ccnc4)[C@H]3O2)cc1. The zero-order valence-electron chi connectivity index (χ0n) is 25.6. The normalized spacial score (nSPS) is 35.4. The molecule has 11 atom stereocenters. The Morgan fingerprint density at radius 2 is 1.78 bits per heavy atom. The molecule has 1 aromatic heterocycles. The highest BCUT2D eigenvalue weighted by atomic mass is 32.1. The maximum atomic E-state index is 11.6. The minimum absolute atomic E-state index is 0.00459. The van der Waals surface area contributed by atoms with E-state index in [1.54, 1.807) is 37.6 Å². The molecule has 0 aliphatic carbocycles. The van der Waals surface area contributed by atoms with Crippen LogP contribution < -0.4 is 4.74 Å². The Labute approximate surface area is 267 Å². The second-order valence-electron chi connectivity index (χ2n) is 12.4. The van der Waals surface area contributed by atoms with Gasteiger partial charge in [-0.25, -0.2) is 4.98 Å². The van der Waals surface area contributed by atoms with Crippen LogP contribution in [0.4, 0.5) is 0 Å². The molecule has 3 fully saturated rings. The molecule has 0 spiro atoms. The van der Waals surface area contributed by atoms with E-state index in [2.05, 4.69) is 24.6 Å². The van der Waals surface area contributed by atoms with Gasteiger partial charge in [0.2, 0.25) is 0 Å². The van der Waals surface area contributed by atoms with Gasteiger partial charge in [0.25, 0.3) is 5.17 Å². The van der Waals surface area contributed by atoms with Crippen molar-refractivity contribution in [1.82, 2.24) is 9.55 Å². The van der Waals surface area contributed by atoms with E-state index in [1.165, 1.54) is 17.1 Å². The highest BCUT2D eigenvalue weighted by Crippen LogP contribution is 2.37. The Balaban J connectivity index is 1.32. The smallest absolute Gasteiger partial charge is 0.269 e. The minimum atomic E-state index is -1.54. The van der Waals surface area contributed by atoms with E-state index in [1.807, 2.05) is 0 Å². The van der Waals surface area contributed by atoms with Crippen molar-refractivity contribution in [1.29, 1.82) is 0 Å². The van der Waals surface area contributed by atoms with Gasteiger partial charge in [0.15, 0.2) is 25.0 Å². The maximum absolute atomic E-state index is 11.6. The van der Waals surface area contributed by atoms with Gasteiger partial charge in [-0.2, -0.15) is 0 Å². The van der Waals surface area contributed by atoms with Crippen LogP contribution in [0.2, 0.25) is 25.7 Å². The topological polar surface area (TPSA) is 173 Å². The van der Waals surface area contributed by atoms with Gasteiger partial charge in [-0.15, -0.1) is 0 Å². The Hall–Kier alpha value is -2.06. The van der Waals surface area contributed by atoms with Crippen LogP contribution in [-0.2, 0) is 33.2 Å². The summed E-state index contributed by atoms with van der Waals surface area (Å²) in [6, 6.07) is 7.97. The maximum Gasteiger partial charge on any atom is 0.269 e. The van der Waals surface area contributed by atoms with Gasteiger partial charge >= 0.3 is 0 Å². The summed E-state index contributed by atoms with van der Waals surface area (Å²) in [7, 11) is 0.141. The molecule has 0 saturated carbocycles. The standard InChI is InChI=1S/C29H42N2O12SSi/c1-36-17-7-5-16(6-8-17)26-38-14-19-24(42-26)25(43-29(44)31-10-9-30-15-31)22(35)28(40-19)41-23-18(13-32)39-27(21(34)20(23)33)37-11-12-45(2,3)4/h5-10,15,18-28,32-35H,11-14H2,1-4H3/t18-,19-,20-,21-,22-,23-,24+,25-,26+,27-,28+/m1/s1. The first-order valence-corrected chi connectivity index (χ1v) is 18.9. The monoisotopic (exact) mass is 670 g/mol. The van der Waals surface area contributed by atoms with E-state index < -0.39 is 82.4 Å². The molecule has 5 rings (SSSR count). The van der Waals surface area contributed by atoms with E-state index in [-0.39, 0.29) is 11.8 Å². The van der Waals surface area contributed by atoms with E-state index in [4.69, 9.17) is 50.1 Å². The van der Waals surface area contributed by atoms with Crippen molar-refractivity contribution in [3.8, 4) is 5.75 Å². The molecule has 4 heterocycles. The molecular weight excluding hydrogens is 628 g/mol. The molecule has 45 heavy (non-hydrogen) atoms. The summed E-state index contributed by atoms with van der Waals surface area (Å²) in [6.45, 7) is 6.36. The zero-order chi connectivity index (χ0) is 32.3. The Morgan fingerprint density at radius 1 is 1.02 bits per heavy atom. The van der Waals surface area contributed by atoms with Crippen molar-refractivity contribution >= 4 is 25.5 Å². The van der Waals surface area contributed by atoms with Crippen molar-refractivity contribution in [2.45, 2.75) is 93.4 Å². The van der Waals surface area contributed by atoms with Crippen molar-refractivity contribution in [3.05, 3.63) is 48.5 Å². The summed E-state index contributed by atoms with van der Waals surface area (Å²) in [5.74, 6) is 0.667. The Bertz CT molecular complexity index is 1230.